The second-order valence-corrected chi connectivity index (χ2v) is 7.19. The van der Waals surface area contributed by atoms with E-state index in [4.69, 9.17) is 11.3 Å². The number of methoxy groups -OCH3 is 1. The SMILES string of the molecule is [C-]#[N+]C1C(C)=NC(C)=C(C(=O)Nc2ccccc2OC)C1c1ccc(F)cc1C(F)(F)F. The van der Waals surface area contributed by atoms with E-state index in [9.17, 15) is 22.4 Å². The number of nitrogens with one attached hydrogen (secondary N) is 1. The van der Waals surface area contributed by atoms with Gasteiger partial charge in [0.2, 0.25) is 0 Å². The summed E-state index contributed by atoms with van der Waals surface area (Å²) in [7, 11) is 1.41. The predicted octanol–water partition coefficient (Wildman–Crippen LogP) is 5.61. The molecule has 2 unspecified atom stereocenters. The molecule has 32 heavy (non-hydrogen) atoms. The van der Waals surface area contributed by atoms with Crippen LogP contribution < -0.4 is 10.1 Å². The van der Waals surface area contributed by atoms with Crippen molar-refractivity contribution >= 4 is 17.3 Å². The summed E-state index contributed by atoms with van der Waals surface area (Å²) >= 11 is 0. The Hall–Kier alpha value is -3.67. The smallest absolute Gasteiger partial charge is 0.416 e. The molecule has 1 N–H and O–H groups in total. The van der Waals surface area contributed by atoms with E-state index in [1.807, 2.05) is 0 Å². The van der Waals surface area contributed by atoms with Gasteiger partial charge in [0.05, 0.1) is 35.6 Å². The molecule has 9 heteroatoms. The Kier molecular flexibility index (Phi) is 6.35. The summed E-state index contributed by atoms with van der Waals surface area (Å²) in [5.74, 6) is -2.73. The maximum atomic E-state index is 13.8. The van der Waals surface area contributed by atoms with Gasteiger partial charge in [-0.25, -0.2) is 11.0 Å². The quantitative estimate of drug-likeness (QED) is 0.491. The molecule has 0 aliphatic carbocycles. The second-order valence-electron chi connectivity index (χ2n) is 7.19. The van der Waals surface area contributed by atoms with Gasteiger partial charge in [-0.2, -0.15) is 13.2 Å². The van der Waals surface area contributed by atoms with Gasteiger partial charge in [0, 0.05) is 5.70 Å². The number of rotatable bonds is 4. The van der Waals surface area contributed by atoms with Crippen LogP contribution in [0.1, 0.15) is 30.9 Å². The third-order valence-corrected chi connectivity index (χ3v) is 5.18. The van der Waals surface area contributed by atoms with E-state index >= 15 is 0 Å². The van der Waals surface area contributed by atoms with Gasteiger partial charge in [-0.3, -0.25) is 9.79 Å². The molecule has 0 bridgehead atoms. The minimum absolute atomic E-state index is 0.0976. The van der Waals surface area contributed by atoms with Crippen LogP contribution in [0.4, 0.5) is 23.2 Å². The number of ether oxygens (including phenoxy) is 1. The highest BCUT2D eigenvalue weighted by atomic mass is 19.4. The molecule has 1 aliphatic rings. The summed E-state index contributed by atoms with van der Waals surface area (Å²) in [5, 5.41) is 2.64. The van der Waals surface area contributed by atoms with Gasteiger partial charge in [0.1, 0.15) is 11.6 Å². The maximum absolute atomic E-state index is 13.8. The summed E-state index contributed by atoms with van der Waals surface area (Å²) in [6.45, 7) is 10.6. The molecule has 0 spiro atoms. The maximum Gasteiger partial charge on any atom is 0.416 e. The van der Waals surface area contributed by atoms with Crippen LogP contribution in [0.5, 0.6) is 5.75 Å². The van der Waals surface area contributed by atoms with Crippen LogP contribution >= 0.6 is 0 Å². The first-order chi connectivity index (χ1) is 15.1. The number of carbonyl (C=O) groups is 1. The van der Waals surface area contributed by atoms with E-state index in [-0.39, 0.29) is 22.5 Å². The first-order valence-corrected chi connectivity index (χ1v) is 9.52. The molecule has 5 nitrogen and oxygen atoms in total. The molecule has 0 fully saturated rings. The number of para-hydroxylation sites is 2. The molecule has 2 aromatic rings. The Labute approximate surface area is 182 Å². The number of hydrogen-bond donors (Lipinski definition) is 1. The molecule has 1 aliphatic heterocycles. The number of anilines is 1. The van der Waals surface area contributed by atoms with Crippen molar-refractivity contribution in [3.63, 3.8) is 0 Å². The van der Waals surface area contributed by atoms with Crippen molar-refractivity contribution in [1.82, 2.24) is 0 Å². The molecule has 0 saturated carbocycles. The molecule has 0 aromatic heterocycles. The largest absolute Gasteiger partial charge is 0.495 e. The van der Waals surface area contributed by atoms with E-state index in [2.05, 4.69) is 15.2 Å². The van der Waals surface area contributed by atoms with E-state index in [1.54, 1.807) is 24.3 Å². The fraction of sp³-hybridized carbons (Fsp3) is 0.261. The third kappa shape index (κ3) is 4.35. The van der Waals surface area contributed by atoms with Crippen molar-refractivity contribution in [3.8, 4) is 5.75 Å². The number of halogens is 4. The van der Waals surface area contributed by atoms with Gasteiger partial charge in [0.15, 0.2) is 0 Å². The number of carbonyl (C=O) groups excluding carboxylic acids is 1. The molecule has 2 atom stereocenters. The molecular formula is C23H19F4N3O2. The van der Waals surface area contributed by atoms with Crippen LogP contribution in [-0.2, 0) is 11.0 Å². The first-order valence-electron chi connectivity index (χ1n) is 9.52. The normalized spacial score (nSPS) is 18.6. The lowest BCUT2D eigenvalue weighted by Crippen LogP contribution is -2.35. The van der Waals surface area contributed by atoms with Gasteiger partial charge in [-0.05, 0) is 43.7 Å². The number of hydrogen-bond acceptors (Lipinski definition) is 3. The van der Waals surface area contributed by atoms with Crippen LogP contribution in [0, 0.1) is 12.4 Å². The zero-order valence-electron chi connectivity index (χ0n) is 17.4. The zero-order chi connectivity index (χ0) is 23.6. The molecule has 1 heterocycles. The van der Waals surface area contributed by atoms with Gasteiger partial charge in [-0.15, -0.1) is 0 Å². The van der Waals surface area contributed by atoms with Crippen molar-refractivity contribution < 1.29 is 27.1 Å². The minimum Gasteiger partial charge on any atom is -0.495 e. The summed E-state index contributed by atoms with van der Waals surface area (Å²) in [6.07, 6.45) is -4.88. The van der Waals surface area contributed by atoms with Gasteiger partial charge >= 0.3 is 6.18 Å². The van der Waals surface area contributed by atoms with E-state index in [1.165, 1.54) is 21.0 Å². The van der Waals surface area contributed by atoms with Crippen LogP contribution in [0.25, 0.3) is 4.85 Å². The lowest BCUT2D eigenvalue weighted by Gasteiger charge is -2.28. The number of benzene rings is 2. The fourth-order valence-electron chi connectivity index (χ4n) is 3.80. The second kappa shape index (κ2) is 8.83. The Morgan fingerprint density at radius 1 is 1.19 bits per heavy atom. The molecular weight excluding hydrogens is 426 g/mol. The van der Waals surface area contributed by atoms with E-state index in [0.717, 1.165) is 12.1 Å². The number of allylic oxidation sites excluding steroid dienone is 1. The van der Waals surface area contributed by atoms with Crippen molar-refractivity contribution in [2.75, 3.05) is 12.4 Å². The molecule has 166 valence electrons. The van der Waals surface area contributed by atoms with Crippen molar-refractivity contribution in [1.29, 1.82) is 0 Å². The van der Waals surface area contributed by atoms with Crippen molar-refractivity contribution in [3.05, 3.63) is 82.1 Å². The monoisotopic (exact) mass is 445 g/mol. The molecule has 0 radical (unpaired) electrons. The van der Waals surface area contributed by atoms with Crippen molar-refractivity contribution in [2.24, 2.45) is 4.99 Å². The highest BCUT2D eigenvalue weighted by Crippen LogP contribution is 2.43. The van der Waals surface area contributed by atoms with E-state index < -0.39 is 35.4 Å². The summed E-state index contributed by atoms with van der Waals surface area (Å²) in [4.78, 5) is 21.0. The lowest BCUT2D eigenvalue weighted by atomic mass is 9.78. The van der Waals surface area contributed by atoms with Gasteiger partial charge in [0.25, 0.3) is 11.9 Å². The highest BCUT2D eigenvalue weighted by Gasteiger charge is 2.46. The van der Waals surface area contributed by atoms with Crippen LogP contribution in [0.3, 0.4) is 0 Å². The fourth-order valence-corrected chi connectivity index (χ4v) is 3.80. The Morgan fingerprint density at radius 3 is 2.50 bits per heavy atom. The van der Waals surface area contributed by atoms with Crippen molar-refractivity contribution in [2.45, 2.75) is 32.0 Å². The number of amides is 1. The third-order valence-electron chi connectivity index (χ3n) is 5.18. The highest BCUT2D eigenvalue weighted by molar-refractivity contribution is 6.09. The Balaban J connectivity index is 2.18. The number of aliphatic imine (C=N–C) groups is 1. The predicted molar refractivity (Wildman–Crippen MR) is 112 cm³/mol. The zero-order valence-corrected chi connectivity index (χ0v) is 17.4. The summed E-state index contributed by atoms with van der Waals surface area (Å²) in [5.41, 5.74) is -0.939. The molecule has 1 amide bonds. The minimum atomic E-state index is -4.88. The van der Waals surface area contributed by atoms with Crippen LogP contribution in [0.15, 0.2) is 58.7 Å². The lowest BCUT2D eigenvalue weighted by molar-refractivity contribution is -0.138. The van der Waals surface area contributed by atoms with Gasteiger partial charge < -0.3 is 14.9 Å². The number of alkyl halides is 3. The van der Waals surface area contributed by atoms with Crippen LogP contribution in [0.2, 0.25) is 0 Å². The average molecular weight is 445 g/mol. The van der Waals surface area contributed by atoms with E-state index in [0.29, 0.717) is 17.5 Å². The first kappa shape index (κ1) is 23.0. The Bertz CT molecular complexity index is 1160. The molecule has 2 aromatic carbocycles. The molecule has 0 saturated heterocycles. The summed E-state index contributed by atoms with van der Waals surface area (Å²) < 4.78 is 60.2. The Morgan fingerprint density at radius 2 is 1.88 bits per heavy atom. The topological polar surface area (TPSA) is 55.0 Å². The van der Waals surface area contributed by atoms with Gasteiger partial charge in [-0.1, -0.05) is 18.2 Å². The number of nitrogens with zero attached hydrogens (tertiary/aromatic N) is 2. The molecule has 3 rings (SSSR count). The van der Waals surface area contributed by atoms with Crippen LogP contribution in [-0.4, -0.2) is 24.8 Å². The average Bonchev–Trinajstić information content (AvgIpc) is 2.73. The summed E-state index contributed by atoms with van der Waals surface area (Å²) in [6, 6.07) is 7.61. The standard InChI is InChI=1S/C23H19F4N3O2/c1-12-19(22(31)30-17-7-5-6-8-18(17)32-4)20(21(28-3)13(2)29-12)15-10-9-14(24)11-16(15)23(25,26)27/h5-11,20-21H,1-2,4H3,(H,30,31).